The van der Waals surface area contributed by atoms with E-state index >= 15 is 0 Å². The minimum absolute atomic E-state index is 0.306. The van der Waals surface area contributed by atoms with E-state index in [1.54, 1.807) is 18.1 Å². The van der Waals surface area contributed by atoms with Crippen LogP contribution in [0.2, 0.25) is 0 Å². The Hall–Kier alpha value is -1.08. The lowest BCUT2D eigenvalue weighted by atomic mass is 10.2. The molecule has 1 aromatic rings. The van der Waals surface area contributed by atoms with Gasteiger partial charge in [0.25, 0.3) is 0 Å². The van der Waals surface area contributed by atoms with Gasteiger partial charge in [-0.25, -0.2) is 9.67 Å². The summed E-state index contributed by atoms with van der Waals surface area (Å²) in [4.78, 5) is 15.3. The number of nitrogens with two attached hydrogens (primary N) is 1. The molecule has 18 heavy (non-hydrogen) atoms. The fourth-order valence-corrected chi connectivity index (χ4v) is 2.41. The van der Waals surface area contributed by atoms with Crippen molar-refractivity contribution in [3.05, 3.63) is 12.2 Å². The molecule has 0 spiro atoms. The Morgan fingerprint density at radius 2 is 2.33 bits per heavy atom. The number of carbonyl (C=O) groups excluding carboxylic acids is 1. The number of thioether (sulfide) groups is 1. The second kappa shape index (κ2) is 7.38. The van der Waals surface area contributed by atoms with Crippen molar-refractivity contribution in [3.63, 3.8) is 0 Å². The van der Waals surface area contributed by atoms with Gasteiger partial charge in [-0.2, -0.15) is 16.9 Å². The molecule has 1 rings (SSSR count). The van der Waals surface area contributed by atoms with Crippen LogP contribution in [0.4, 0.5) is 0 Å². The third-order valence-electron chi connectivity index (χ3n) is 2.44. The molecule has 1 aromatic heterocycles. The molecule has 2 N–H and O–H groups in total. The lowest BCUT2D eigenvalue weighted by molar-refractivity contribution is -0.142. The highest BCUT2D eigenvalue weighted by atomic mass is 32.2. The zero-order chi connectivity index (χ0) is 13.5. The Bertz CT molecular complexity index is 381. The molecular weight excluding hydrogens is 252 g/mol. The zero-order valence-corrected chi connectivity index (χ0v) is 11.8. The Labute approximate surface area is 111 Å². The van der Waals surface area contributed by atoms with Crippen LogP contribution in [0, 0.1) is 0 Å². The van der Waals surface area contributed by atoms with Crippen molar-refractivity contribution in [2.75, 3.05) is 12.9 Å². The van der Waals surface area contributed by atoms with Crippen LogP contribution < -0.4 is 5.73 Å². The molecule has 7 heteroatoms. The minimum atomic E-state index is -0.537. The second-order valence-electron chi connectivity index (χ2n) is 4.19. The van der Waals surface area contributed by atoms with Crippen LogP contribution in [0.1, 0.15) is 32.1 Å². The van der Waals surface area contributed by atoms with E-state index in [4.69, 9.17) is 5.73 Å². The molecule has 6 nitrogen and oxygen atoms in total. The van der Waals surface area contributed by atoms with Gasteiger partial charge in [0.15, 0.2) is 0 Å². The van der Waals surface area contributed by atoms with Crippen molar-refractivity contribution in [3.8, 4) is 0 Å². The van der Waals surface area contributed by atoms with E-state index in [-0.39, 0.29) is 5.97 Å². The van der Waals surface area contributed by atoms with Crippen molar-refractivity contribution >= 4 is 17.7 Å². The normalized spacial score (nSPS) is 12.7. The number of esters is 1. The van der Waals surface area contributed by atoms with E-state index in [1.165, 1.54) is 7.11 Å². The van der Waals surface area contributed by atoms with Gasteiger partial charge in [0, 0.05) is 6.04 Å². The fourth-order valence-electron chi connectivity index (χ4n) is 1.45. The van der Waals surface area contributed by atoms with Crippen LogP contribution in [-0.4, -0.2) is 39.6 Å². The number of aromatic nitrogens is 3. The number of nitrogens with zero attached hydrogens (tertiary/aromatic N) is 3. The molecule has 1 unspecified atom stereocenters. The van der Waals surface area contributed by atoms with E-state index in [1.807, 2.05) is 4.68 Å². The summed E-state index contributed by atoms with van der Waals surface area (Å²) >= 11 is 1.69. The summed E-state index contributed by atoms with van der Waals surface area (Å²) in [6, 6.07) is -0.231. The molecule has 0 saturated heterocycles. The van der Waals surface area contributed by atoms with Gasteiger partial charge in [0.05, 0.1) is 12.9 Å². The number of rotatable bonds is 7. The summed E-state index contributed by atoms with van der Waals surface area (Å²) in [6.45, 7) is 4.13. The number of methoxy groups -OCH3 is 1. The first-order valence-electron chi connectivity index (χ1n) is 5.85. The van der Waals surface area contributed by atoms with Gasteiger partial charge in [-0.05, 0) is 26.0 Å². The minimum Gasteiger partial charge on any atom is -0.468 e. The average molecular weight is 272 g/mol. The van der Waals surface area contributed by atoms with Gasteiger partial charge in [-0.15, -0.1) is 0 Å². The molecule has 102 valence electrons. The van der Waals surface area contributed by atoms with Crippen LogP contribution >= 0.6 is 11.8 Å². The number of hydrogen-bond acceptors (Lipinski definition) is 6. The third-order valence-corrected chi connectivity index (χ3v) is 3.43. The van der Waals surface area contributed by atoms with Crippen LogP contribution in [0.3, 0.4) is 0 Å². The number of hydrogen-bond donors (Lipinski definition) is 1. The van der Waals surface area contributed by atoms with Gasteiger partial charge in [0.2, 0.25) is 0 Å². The molecule has 1 atom stereocenters. The van der Waals surface area contributed by atoms with Crippen molar-refractivity contribution in [1.29, 1.82) is 0 Å². The maximum absolute atomic E-state index is 11.1. The summed E-state index contributed by atoms with van der Waals surface area (Å²) in [5, 5.41) is 4.16. The highest BCUT2D eigenvalue weighted by molar-refractivity contribution is 7.98. The SMILES string of the molecule is COC(=O)C(N)CCSCc1ncnn1C(C)C. The molecule has 0 radical (unpaired) electrons. The molecule has 0 aliphatic rings. The van der Waals surface area contributed by atoms with Gasteiger partial charge < -0.3 is 10.5 Å². The summed E-state index contributed by atoms with van der Waals surface area (Å²) in [5.74, 6) is 2.15. The fraction of sp³-hybridized carbons (Fsp3) is 0.727. The predicted octanol–water partition coefficient (Wildman–Crippen LogP) is 0.983. The van der Waals surface area contributed by atoms with E-state index in [0.717, 1.165) is 17.3 Å². The van der Waals surface area contributed by atoms with Crippen molar-refractivity contribution in [2.45, 2.75) is 38.1 Å². The van der Waals surface area contributed by atoms with Crippen LogP contribution in [0.15, 0.2) is 6.33 Å². The molecule has 1 heterocycles. The molecule has 0 aliphatic carbocycles. The zero-order valence-electron chi connectivity index (χ0n) is 11.0. The average Bonchev–Trinajstić information content (AvgIpc) is 2.81. The molecule has 0 aliphatic heterocycles. The largest absolute Gasteiger partial charge is 0.468 e. The number of ether oxygens (including phenoxy) is 1. The van der Waals surface area contributed by atoms with Gasteiger partial charge in [-0.3, -0.25) is 4.79 Å². The van der Waals surface area contributed by atoms with Crippen molar-refractivity contribution in [1.82, 2.24) is 14.8 Å². The summed E-state index contributed by atoms with van der Waals surface area (Å²) in [7, 11) is 1.35. The molecule has 0 fully saturated rings. The highest BCUT2D eigenvalue weighted by Crippen LogP contribution is 2.14. The Morgan fingerprint density at radius 1 is 1.61 bits per heavy atom. The summed E-state index contributed by atoms with van der Waals surface area (Å²) < 4.78 is 6.46. The van der Waals surface area contributed by atoms with Crippen LogP contribution in [0.25, 0.3) is 0 Å². The van der Waals surface area contributed by atoms with Gasteiger partial charge in [-0.1, -0.05) is 0 Å². The van der Waals surface area contributed by atoms with E-state index in [0.29, 0.717) is 12.5 Å². The van der Waals surface area contributed by atoms with E-state index < -0.39 is 6.04 Å². The Kier molecular flexibility index (Phi) is 6.14. The van der Waals surface area contributed by atoms with Gasteiger partial charge >= 0.3 is 5.97 Å². The maximum Gasteiger partial charge on any atom is 0.322 e. The van der Waals surface area contributed by atoms with E-state index in [2.05, 4.69) is 28.7 Å². The van der Waals surface area contributed by atoms with Crippen molar-refractivity contribution in [2.24, 2.45) is 5.73 Å². The predicted molar refractivity (Wildman–Crippen MR) is 71.2 cm³/mol. The highest BCUT2D eigenvalue weighted by Gasteiger charge is 2.13. The first kappa shape index (κ1) is 15.0. The lowest BCUT2D eigenvalue weighted by Gasteiger charge is -2.10. The molecule has 0 saturated carbocycles. The van der Waals surface area contributed by atoms with Crippen molar-refractivity contribution < 1.29 is 9.53 Å². The monoisotopic (exact) mass is 272 g/mol. The third kappa shape index (κ3) is 4.30. The van der Waals surface area contributed by atoms with Gasteiger partial charge in [0.1, 0.15) is 18.2 Å². The Morgan fingerprint density at radius 3 is 2.94 bits per heavy atom. The second-order valence-corrected chi connectivity index (χ2v) is 5.29. The first-order chi connectivity index (χ1) is 8.56. The van der Waals surface area contributed by atoms with Crippen LogP contribution in [-0.2, 0) is 15.3 Å². The summed E-state index contributed by atoms with van der Waals surface area (Å²) in [5.41, 5.74) is 5.64. The standard InChI is InChI=1S/C11H20N4O2S/c1-8(2)15-10(13-7-14-15)6-18-5-4-9(12)11(16)17-3/h7-9H,4-6,12H2,1-3H3. The first-order valence-corrected chi connectivity index (χ1v) is 7.01. The summed E-state index contributed by atoms with van der Waals surface area (Å²) in [6.07, 6.45) is 2.17. The maximum atomic E-state index is 11.1. The smallest absolute Gasteiger partial charge is 0.322 e. The van der Waals surface area contributed by atoms with E-state index in [9.17, 15) is 4.79 Å². The lowest BCUT2D eigenvalue weighted by Crippen LogP contribution is -2.32. The van der Waals surface area contributed by atoms with Crippen LogP contribution in [0.5, 0.6) is 0 Å². The molecule has 0 amide bonds. The number of carbonyl (C=O) groups is 1. The molecule has 0 bridgehead atoms. The molecular formula is C11H20N4O2S. The Balaban J connectivity index is 2.30. The quantitative estimate of drug-likeness (QED) is 0.588. The molecule has 0 aromatic carbocycles. The topological polar surface area (TPSA) is 83.0 Å².